The van der Waals surface area contributed by atoms with E-state index in [1.807, 2.05) is 13.8 Å². The molecule has 9 nitrogen and oxygen atoms in total. The number of halogens is 3. The van der Waals surface area contributed by atoms with Crippen LogP contribution in [0.15, 0.2) is 65.6 Å². The van der Waals surface area contributed by atoms with Crippen LogP contribution in [-0.2, 0) is 26.2 Å². The Labute approximate surface area is 267 Å². The summed E-state index contributed by atoms with van der Waals surface area (Å²) in [6.07, 6.45) is 0. The predicted octanol–water partition coefficient (Wildman–Crippen LogP) is 6.05. The lowest BCUT2D eigenvalue weighted by Gasteiger charge is -2.32. The van der Waals surface area contributed by atoms with Crippen LogP contribution in [-0.4, -0.2) is 58.5 Å². The number of amides is 2. The summed E-state index contributed by atoms with van der Waals surface area (Å²) in [5.74, 6) is -0.296. The molecular formula is C30H34Cl3N3O6S. The molecule has 0 saturated heterocycles. The molecule has 0 saturated carbocycles. The maximum absolute atomic E-state index is 14.1. The van der Waals surface area contributed by atoms with E-state index in [0.29, 0.717) is 27.9 Å². The zero-order valence-electron chi connectivity index (χ0n) is 24.4. The van der Waals surface area contributed by atoms with Crippen molar-refractivity contribution in [3.8, 4) is 11.5 Å². The minimum atomic E-state index is -4.34. The van der Waals surface area contributed by atoms with E-state index < -0.39 is 28.5 Å². The van der Waals surface area contributed by atoms with Crippen molar-refractivity contribution >= 4 is 62.3 Å². The molecule has 0 heterocycles. The minimum absolute atomic E-state index is 0.0309. The molecule has 0 aromatic heterocycles. The van der Waals surface area contributed by atoms with Gasteiger partial charge in [-0.25, -0.2) is 8.42 Å². The van der Waals surface area contributed by atoms with Crippen LogP contribution in [0.5, 0.6) is 11.5 Å². The number of carbonyl (C=O) groups excluding carboxylic acids is 2. The fourth-order valence-electron chi connectivity index (χ4n) is 4.11. The number of benzene rings is 3. The van der Waals surface area contributed by atoms with Crippen LogP contribution < -0.4 is 19.1 Å². The molecule has 0 aliphatic rings. The van der Waals surface area contributed by atoms with E-state index in [1.54, 1.807) is 25.1 Å². The van der Waals surface area contributed by atoms with Crippen molar-refractivity contribution < 1.29 is 27.5 Å². The Bertz CT molecular complexity index is 1550. The number of hydrogen-bond acceptors (Lipinski definition) is 6. The van der Waals surface area contributed by atoms with Crippen molar-refractivity contribution in [1.29, 1.82) is 0 Å². The topological polar surface area (TPSA) is 105 Å². The fourth-order valence-corrected chi connectivity index (χ4v) is 5.99. The zero-order chi connectivity index (χ0) is 31.9. The third-order valence-electron chi connectivity index (χ3n) is 6.53. The zero-order valence-corrected chi connectivity index (χ0v) is 27.5. The highest BCUT2D eigenvalue weighted by Gasteiger charge is 2.33. The number of ether oxygens (including phenoxy) is 2. The van der Waals surface area contributed by atoms with Gasteiger partial charge in [0, 0.05) is 24.2 Å². The first kappa shape index (κ1) is 34.3. The molecule has 1 N–H and O–H groups in total. The van der Waals surface area contributed by atoms with Gasteiger partial charge in [0.25, 0.3) is 10.0 Å². The second kappa shape index (κ2) is 15.0. The Hall–Kier alpha value is -3.18. The molecule has 2 amide bonds. The smallest absolute Gasteiger partial charge is 0.264 e. The van der Waals surface area contributed by atoms with Crippen molar-refractivity contribution in [2.75, 3.05) is 31.6 Å². The number of carbonyl (C=O) groups is 2. The monoisotopic (exact) mass is 669 g/mol. The largest absolute Gasteiger partial charge is 0.493 e. The highest BCUT2D eigenvalue weighted by atomic mass is 35.5. The van der Waals surface area contributed by atoms with E-state index in [2.05, 4.69) is 5.32 Å². The number of sulfonamides is 1. The van der Waals surface area contributed by atoms with Gasteiger partial charge in [0.15, 0.2) is 11.5 Å². The van der Waals surface area contributed by atoms with Crippen molar-refractivity contribution in [2.45, 2.75) is 38.3 Å². The SMILES string of the molecule is COc1ccc(S(=O)(=O)N(CC(=O)N(Cc2ccc(Cl)c(Cl)c2)[C@H](C)C(=O)NCC(C)C)c2ccc(Cl)cc2)cc1OC. The minimum Gasteiger partial charge on any atom is -0.493 e. The Balaban J connectivity index is 2.06. The molecule has 3 aromatic rings. The summed E-state index contributed by atoms with van der Waals surface area (Å²) in [6, 6.07) is 14.1. The highest BCUT2D eigenvalue weighted by Crippen LogP contribution is 2.33. The summed E-state index contributed by atoms with van der Waals surface area (Å²) in [4.78, 5) is 28.3. The molecule has 0 radical (unpaired) electrons. The maximum atomic E-state index is 14.1. The van der Waals surface area contributed by atoms with E-state index in [0.717, 1.165) is 4.31 Å². The summed E-state index contributed by atoms with van der Waals surface area (Å²) in [5, 5.41) is 3.84. The molecule has 0 aliphatic carbocycles. The lowest BCUT2D eigenvalue weighted by molar-refractivity contribution is -0.139. The van der Waals surface area contributed by atoms with Crippen LogP contribution in [0, 0.1) is 5.92 Å². The van der Waals surface area contributed by atoms with E-state index in [4.69, 9.17) is 44.3 Å². The van der Waals surface area contributed by atoms with E-state index in [9.17, 15) is 18.0 Å². The average molecular weight is 671 g/mol. The average Bonchev–Trinajstić information content (AvgIpc) is 2.98. The van der Waals surface area contributed by atoms with Gasteiger partial charge in [-0.1, -0.05) is 54.7 Å². The lowest BCUT2D eigenvalue weighted by atomic mass is 10.1. The normalized spacial score (nSPS) is 12.0. The summed E-state index contributed by atoms with van der Waals surface area (Å²) >= 11 is 18.4. The summed E-state index contributed by atoms with van der Waals surface area (Å²) in [5.41, 5.74) is 0.797. The Morgan fingerprint density at radius 1 is 0.860 bits per heavy atom. The number of hydrogen-bond donors (Lipinski definition) is 1. The second-order valence-corrected chi connectivity index (χ2v) is 13.2. The van der Waals surface area contributed by atoms with Crippen LogP contribution in [0.3, 0.4) is 0 Å². The number of methoxy groups -OCH3 is 2. The highest BCUT2D eigenvalue weighted by molar-refractivity contribution is 7.92. The number of nitrogens with zero attached hydrogens (tertiary/aromatic N) is 2. The predicted molar refractivity (Wildman–Crippen MR) is 170 cm³/mol. The van der Waals surface area contributed by atoms with Crippen LogP contribution in [0.4, 0.5) is 5.69 Å². The summed E-state index contributed by atoms with van der Waals surface area (Å²) in [6.45, 7) is 5.24. The van der Waals surface area contributed by atoms with Gasteiger partial charge in [-0.05, 0) is 66.9 Å². The number of anilines is 1. The Kier molecular flexibility index (Phi) is 12.0. The molecule has 13 heteroatoms. The van der Waals surface area contributed by atoms with Crippen LogP contribution >= 0.6 is 34.8 Å². The Morgan fingerprint density at radius 3 is 2.09 bits per heavy atom. The fraction of sp³-hybridized carbons (Fsp3) is 0.333. The first-order valence-corrected chi connectivity index (χ1v) is 15.9. The third-order valence-corrected chi connectivity index (χ3v) is 9.29. The molecule has 232 valence electrons. The molecule has 0 spiro atoms. The molecule has 3 rings (SSSR count). The van der Waals surface area contributed by atoms with Crippen molar-refractivity contribution in [3.63, 3.8) is 0 Å². The molecule has 1 atom stereocenters. The quantitative estimate of drug-likeness (QED) is 0.238. The molecule has 43 heavy (non-hydrogen) atoms. The third kappa shape index (κ3) is 8.69. The van der Waals surface area contributed by atoms with Gasteiger partial charge in [0.1, 0.15) is 12.6 Å². The number of rotatable bonds is 13. The Morgan fingerprint density at radius 2 is 1.51 bits per heavy atom. The molecule has 3 aromatic carbocycles. The molecule has 0 fully saturated rings. The van der Waals surface area contributed by atoms with Gasteiger partial charge in [0.05, 0.1) is 34.8 Å². The lowest BCUT2D eigenvalue weighted by Crippen LogP contribution is -2.51. The molecule has 0 bridgehead atoms. The van der Waals surface area contributed by atoms with Crippen LogP contribution in [0.25, 0.3) is 0 Å². The summed E-state index contributed by atoms with van der Waals surface area (Å²) < 4.78 is 39.7. The number of nitrogens with one attached hydrogen (secondary N) is 1. The summed E-state index contributed by atoms with van der Waals surface area (Å²) in [7, 11) is -1.51. The van der Waals surface area contributed by atoms with E-state index in [-0.39, 0.29) is 39.7 Å². The standard InChI is InChI=1S/C30H34Cl3N3O6S/c1-19(2)16-34-30(38)20(3)35(17-21-6-12-25(32)26(33)14-21)29(37)18-36(23-9-7-22(31)8-10-23)43(39,40)24-11-13-27(41-4)28(15-24)42-5/h6-15,19-20H,16-18H2,1-5H3,(H,34,38)/t20-/m1/s1. The van der Waals surface area contributed by atoms with Crippen LogP contribution in [0.2, 0.25) is 15.1 Å². The molecule has 0 unspecified atom stereocenters. The van der Waals surface area contributed by atoms with Crippen LogP contribution in [0.1, 0.15) is 26.3 Å². The van der Waals surface area contributed by atoms with Crippen molar-refractivity contribution in [1.82, 2.24) is 10.2 Å². The molecule has 0 aliphatic heterocycles. The van der Waals surface area contributed by atoms with E-state index >= 15 is 0 Å². The van der Waals surface area contributed by atoms with Gasteiger partial charge in [-0.2, -0.15) is 0 Å². The van der Waals surface area contributed by atoms with Crippen molar-refractivity contribution in [2.24, 2.45) is 5.92 Å². The van der Waals surface area contributed by atoms with Gasteiger partial charge < -0.3 is 19.7 Å². The first-order chi connectivity index (χ1) is 20.3. The van der Waals surface area contributed by atoms with Gasteiger partial charge in [-0.15, -0.1) is 0 Å². The van der Waals surface area contributed by atoms with Gasteiger partial charge in [0.2, 0.25) is 11.8 Å². The van der Waals surface area contributed by atoms with Gasteiger partial charge >= 0.3 is 0 Å². The van der Waals surface area contributed by atoms with E-state index in [1.165, 1.54) is 61.6 Å². The first-order valence-electron chi connectivity index (χ1n) is 13.3. The van der Waals surface area contributed by atoms with Crippen molar-refractivity contribution in [3.05, 3.63) is 81.3 Å². The molecular weight excluding hydrogens is 637 g/mol. The second-order valence-electron chi connectivity index (χ2n) is 10.1. The maximum Gasteiger partial charge on any atom is 0.264 e. The van der Waals surface area contributed by atoms with Gasteiger partial charge in [-0.3, -0.25) is 13.9 Å².